The lowest BCUT2D eigenvalue weighted by Crippen LogP contribution is -2.42. The van der Waals surface area contributed by atoms with Crippen LogP contribution < -0.4 is 19.7 Å². The van der Waals surface area contributed by atoms with Crippen molar-refractivity contribution in [3.05, 3.63) is 53.1 Å². The number of carbonyl (C=O) groups is 2. The second-order valence-corrected chi connectivity index (χ2v) is 7.30. The topological polar surface area (TPSA) is 67.9 Å². The molecule has 1 heterocycles. The molecule has 0 aliphatic carbocycles. The minimum atomic E-state index is -0.183. The highest BCUT2D eigenvalue weighted by Crippen LogP contribution is 2.36. The fraction of sp³-hybridized carbons (Fsp3) is 0.364. The maximum atomic E-state index is 12.8. The molecule has 3 rings (SSSR count). The number of hydrogen-bond acceptors (Lipinski definition) is 4. The second kappa shape index (κ2) is 9.65. The van der Waals surface area contributed by atoms with Crippen LogP contribution in [0.25, 0.3) is 0 Å². The fourth-order valence-corrected chi connectivity index (χ4v) is 3.40. The van der Waals surface area contributed by atoms with Gasteiger partial charge in [0.05, 0.1) is 18.8 Å². The molecule has 1 aliphatic heterocycles. The van der Waals surface area contributed by atoms with Crippen LogP contribution in [-0.2, 0) is 16.1 Å². The fourth-order valence-electron chi connectivity index (χ4n) is 3.23. The predicted octanol–water partition coefficient (Wildman–Crippen LogP) is 3.95. The maximum Gasteiger partial charge on any atom is 0.227 e. The van der Waals surface area contributed by atoms with Crippen LogP contribution in [0, 0.1) is 0 Å². The van der Waals surface area contributed by atoms with Crippen LogP contribution in [0.3, 0.4) is 0 Å². The predicted molar refractivity (Wildman–Crippen MR) is 113 cm³/mol. The minimum absolute atomic E-state index is 0.108. The average Bonchev–Trinajstić information content (AvgIpc) is 2.71. The van der Waals surface area contributed by atoms with Crippen molar-refractivity contribution in [3.8, 4) is 11.5 Å². The largest absolute Gasteiger partial charge is 0.494 e. The number of ether oxygens (including phenoxy) is 2. The summed E-state index contributed by atoms with van der Waals surface area (Å²) < 4.78 is 11.3. The van der Waals surface area contributed by atoms with E-state index in [1.54, 1.807) is 23.1 Å². The molecule has 0 fully saturated rings. The van der Waals surface area contributed by atoms with E-state index in [-0.39, 0.29) is 30.8 Å². The van der Waals surface area contributed by atoms with E-state index >= 15 is 0 Å². The van der Waals surface area contributed by atoms with Gasteiger partial charge >= 0.3 is 0 Å². The van der Waals surface area contributed by atoms with Crippen molar-refractivity contribution in [1.29, 1.82) is 0 Å². The normalized spacial score (nSPS) is 15.3. The van der Waals surface area contributed by atoms with Gasteiger partial charge in [0, 0.05) is 30.0 Å². The molecule has 0 aromatic heterocycles. The minimum Gasteiger partial charge on any atom is -0.494 e. The van der Waals surface area contributed by atoms with E-state index in [2.05, 4.69) is 5.32 Å². The van der Waals surface area contributed by atoms with Gasteiger partial charge in [-0.25, -0.2) is 0 Å². The van der Waals surface area contributed by atoms with Gasteiger partial charge in [0.25, 0.3) is 0 Å². The Balaban J connectivity index is 1.56. The summed E-state index contributed by atoms with van der Waals surface area (Å²) in [4.78, 5) is 26.7. The van der Waals surface area contributed by atoms with Crippen LogP contribution >= 0.6 is 11.6 Å². The molecule has 0 radical (unpaired) electrons. The molecule has 2 aromatic rings. The number of benzene rings is 2. The molecule has 1 unspecified atom stereocenters. The van der Waals surface area contributed by atoms with Gasteiger partial charge in [0.2, 0.25) is 11.8 Å². The van der Waals surface area contributed by atoms with Gasteiger partial charge in [0.1, 0.15) is 17.6 Å². The zero-order chi connectivity index (χ0) is 20.8. The van der Waals surface area contributed by atoms with Crippen molar-refractivity contribution in [2.45, 2.75) is 39.3 Å². The third kappa shape index (κ3) is 5.41. The Hall–Kier alpha value is -2.73. The van der Waals surface area contributed by atoms with Crippen molar-refractivity contribution in [2.24, 2.45) is 0 Å². The number of rotatable bonds is 7. The Morgan fingerprint density at radius 2 is 2.03 bits per heavy atom. The molecule has 6 nitrogen and oxygen atoms in total. The number of nitrogens with one attached hydrogen (secondary N) is 1. The van der Waals surface area contributed by atoms with Crippen LogP contribution in [0.1, 0.15) is 32.3 Å². The number of nitrogens with zero attached hydrogens (tertiary/aromatic N) is 1. The summed E-state index contributed by atoms with van der Waals surface area (Å²) in [5.74, 6) is 1.06. The SMILES string of the molecule is CCOc1ccccc1CNC(=O)CCC(=O)N1CC(C)Oc2ccc(Cl)cc21. The van der Waals surface area contributed by atoms with Gasteiger partial charge in [-0.1, -0.05) is 29.8 Å². The summed E-state index contributed by atoms with van der Waals surface area (Å²) in [6, 6.07) is 12.8. The van der Waals surface area contributed by atoms with Gasteiger partial charge < -0.3 is 19.7 Å². The Morgan fingerprint density at radius 1 is 1.24 bits per heavy atom. The van der Waals surface area contributed by atoms with Crippen molar-refractivity contribution in [3.63, 3.8) is 0 Å². The molecule has 0 saturated carbocycles. The molecular weight excluding hydrogens is 392 g/mol. The molecule has 154 valence electrons. The summed E-state index contributed by atoms with van der Waals surface area (Å²) in [6.07, 6.45) is 0.0889. The monoisotopic (exact) mass is 416 g/mol. The highest BCUT2D eigenvalue weighted by atomic mass is 35.5. The summed E-state index contributed by atoms with van der Waals surface area (Å²) in [5.41, 5.74) is 1.55. The highest BCUT2D eigenvalue weighted by molar-refractivity contribution is 6.31. The number of anilines is 1. The summed E-state index contributed by atoms with van der Waals surface area (Å²) in [6.45, 7) is 5.16. The first kappa shape index (κ1) is 21.0. The van der Waals surface area contributed by atoms with Gasteiger partial charge in [-0.2, -0.15) is 0 Å². The van der Waals surface area contributed by atoms with Crippen LogP contribution in [0.5, 0.6) is 11.5 Å². The number of para-hydroxylation sites is 1. The summed E-state index contributed by atoms with van der Waals surface area (Å²) >= 11 is 6.08. The van der Waals surface area contributed by atoms with E-state index < -0.39 is 0 Å². The Kier molecular flexibility index (Phi) is 6.99. The molecule has 0 bridgehead atoms. The lowest BCUT2D eigenvalue weighted by Gasteiger charge is -2.33. The van der Waals surface area contributed by atoms with Crippen molar-refractivity contribution >= 4 is 29.1 Å². The smallest absolute Gasteiger partial charge is 0.227 e. The molecule has 29 heavy (non-hydrogen) atoms. The number of halogens is 1. The van der Waals surface area contributed by atoms with Crippen molar-refractivity contribution in [2.75, 3.05) is 18.1 Å². The lowest BCUT2D eigenvalue weighted by molar-refractivity contribution is -0.125. The molecule has 7 heteroatoms. The lowest BCUT2D eigenvalue weighted by atomic mass is 10.1. The quantitative estimate of drug-likeness (QED) is 0.742. The van der Waals surface area contributed by atoms with Crippen LogP contribution in [0.4, 0.5) is 5.69 Å². The summed E-state index contributed by atoms with van der Waals surface area (Å²) in [5, 5.41) is 3.39. The molecule has 1 N–H and O–H groups in total. The van der Waals surface area contributed by atoms with Crippen molar-refractivity contribution in [1.82, 2.24) is 5.32 Å². The Morgan fingerprint density at radius 3 is 2.83 bits per heavy atom. The molecule has 1 aliphatic rings. The highest BCUT2D eigenvalue weighted by Gasteiger charge is 2.28. The van der Waals surface area contributed by atoms with Gasteiger partial charge in [0.15, 0.2) is 0 Å². The number of fused-ring (bicyclic) bond motifs is 1. The van der Waals surface area contributed by atoms with Crippen LogP contribution in [0.2, 0.25) is 5.02 Å². The summed E-state index contributed by atoms with van der Waals surface area (Å²) in [7, 11) is 0. The Bertz CT molecular complexity index is 887. The molecule has 2 aromatic carbocycles. The first-order chi connectivity index (χ1) is 14.0. The van der Waals surface area contributed by atoms with Crippen LogP contribution in [0.15, 0.2) is 42.5 Å². The number of hydrogen-bond donors (Lipinski definition) is 1. The van der Waals surface area contributed by atoms with E-state index in [0.29, 0.717) is 36.2 Å². The molecule has 0 spiro atoms. The zero-order valence-electron chi connectivity index (χ0n) is 16.6. The Labute approximate surface area is 175 Å². The zero-order valence-corrected chi connectivity index (χ0v) is 17.4. The molecule has 0 saturated heterocycles. The van der Waals surface area contributed by atoms with Gasteiger partial charge in [-0.15, -0.1) is 0 Å². The molecule has 2 amide bonds. The van der Waals surface area contributed by atoms with E-state index in [1.807, 2.05) is 38.1 Å². The molecular formula is C22H25ClN2O4. The standard InChI is InChI=1S/C22H25ClN2O4/c1-3-28-19-7-5-4-6-16(19)13-24-21(26)10-11-22(27)25-14-15(2)29-20-9-8-17(23)12-18(20)25/h4-9,12,15H,3,10-11,13-14H2,1-2H3,(H,24,26). The van der Waals surface area contributed by atoms with Gasteiger partial charge in [-0.05, 0) is 38.1 Å². The molecule has 1 atom stereocenters. The first-order valence-corrected chi connectivity index (χ1v) is 10.1. The first-order valence-electron chi connectivity index (χ1n) is 9.72. The van der Waals surface area contributed by atoms with E-state index in [0.717, 1.165) is 11.3 Å². The van der Waals surface area contributed by atoms with E-state index in [1.165, 1.54) is 0 Å². The second-order valence-electron chi connectivity index (χ2n) is 6.86. The third-order valence-corrected chi connectivity index (χ3v) is 4.83. The maximum absolute atomic E-state index is 12.8. The number of amides is 2. The van der Waals surface area contributed by atoms with Crippen LogP contribution in [-0.4, -0.2) is 31.1 Å². The van der Waals surface area contributed by atoms with E-state index in [4.69, 9.17) is 21.1 Å². The van der Waals surface area contributed by atoms with E-state index in [9.17, 15) is 9.59 Å². The van der Waals surface area contributed by atoms with Crippen molar-refractivity contribution < 1.29 is 19.1 Å². The third-order valence-electron chi connectivity index (χ3n) is 4.60. The average molecular weight is 417 g/mol. The van der Waals surface area contributed by atoms with Gasteiger partial charge in [-0.3, -0.25) is 9.59 Å². The number of carbonyl (C=O) groups excluding carboxylic acids is 2.